The van der Waals surface area contributed by atoms with Gasteiger partial charge >= 0.3 is 12.1 Å². The number of alkyl halides is 3. The van der Waals surface area contributed by atoms with Gasteiger partial charge in [0.2, 0.25) is 17.7 Å². The third-order valence-electron chi connectivity index (χ3n) is 6.56. The first-order chi connectivity index (χ1) is 19.3. The second-order valence-electron chi connectivity index (χ2n) is 10.1. The highest BCUT2D eigenvalue weighted by Gasteiger charge is 2.36. The molecule has 1 saturated heterocycles. The molecule has 1 aromatic carbocycles. The van der Waals surface area contributed by atoms with Crippen molar-refractivity contribution in [2.24, 2.45) is 5.92 Å². The number of carbonyl (C=O) groups is 4. The molecule has 0 spiro atoms. The van der Waals surface area contributed by atoms with Gasteiger partial charge in [0.05, 0.1) is 30.6 Å². The summed E-state index contributed by atoms with van der Waals surface area (Å²) in [7, 11) is 2.76. The monoisotopic (exact) mass is 617 g/mol. The van der Waals surface area contributed by atoms with Crippen LogP contribution in [-0.4, -0.2) is 70.6 Å². The van der Waals surface area contributed by atoms with E-state index >= 15 is 0 Å². The van der Waals surface area contributed by atoms with Gasteiger partial charge in [-0.1, -0.05) is 59.7 Å². The average Bonchev–Trinajstić information content (AvgIpc) is 2.88. The van der Waals surface area contributed by atoms with Crippen LogP contribution in [0.4, 0.5) is 13.2 Å². The van der Waals surface area contributed by atoms with E-state index in [0.29, 0.717) is 12.2 Å². The number of benzene rings is 1. The number of esters is 1. The molecule has 0 aliphatic carbocycles. The molecule has 226 valence electrons. The number of allylic oxidation sites excluding steroid dienone is 1. The average molecular weight is 618 g/mol. The maximum absolute atomic E-state index is 13.7. The number of carbonyl (C=O) groups excluding carboxylic acids is 4. The zero-order chi connectivity index (χ0) is 30.2. The number of aliphatic hydroxyl groups excluding tert-OH is 1. The number of hydrogen-bond donors (Lipinski definition) is 4. The lowest BCUT2D eigenvalue weighted by Crippen LogP contribution is -2.58. The Morgan fingerprint density at radius 1 is 1.02 bits per heavy atom. The Balaban J connectivity index is 2.04. The number of amides is 3. The normalized spacial score (nSPS) is 28.3. The lowest BCUT2D eigenvalue weighted by Gasteiger charge is -2.29. The summed E-state index contributed by atoms with van der Waals surface area (Å²) in [5, 5.41) is 18.6. The van der Waals surface area contributed by atoms with Crippen LogP contribution in [0.3, 0.4) is 0 Å². The fraction of sp³-hybridized carbons (Fsp3) is 0.556. The first-order valence-corrected chi connectivity index (χ1v) is 15.7. The number of aliphatic hydroxyl groups is 1. The van der Waals surface area contributed by atoms with Crippen molar-refractivity contribution < 1.29 is 42.2 Å². The Morgan fingerprint density at radius 2 is 1.76 bits per heavy atom. The molecule has 3 rings (SSSR count). The Bertz CT molecular complexity index is 1130. The fourth-order valence-corrected chi connectivity index (χ4v) is 6.63. The molecule has 9 nitrogen and oxygen atoms in total. The van der Waals surface area contributed by atoms with E-state index in [4.69, 9.17) is 4.74 Å². The third kappa shape index (κ3) is 9.96. The van der Waals surface area contributed by atoms with E-state index in [1.165, 1.54) is 39.8 Å². The number of halogens is 3. The molecule has 0 radical (unpaired) electrons. The molecular formula is C27H34F3N3O6S2. The zero-order valence-corrected chi connectivity index (χ0v) is 24.2. The largest absolute Gasteiger partial charge is 0.457 e. The van der Waals surface area contributed by atoms with Crippen molar-refractivity contribution in [3.8, 4) is 0 Å². The molecule has 41 heavy (non-hydrogen) atoms. The highest BCUT2D eigenvalue weighted by molar-refractivity contribution is 8.76. The summed E-state index contributed by atoms with van der Waals surface area (Å²) in [6.45, 7) is 3.49. The SMILES string of the molecule is CC(C)[C@H]1NC(=O)[C@H]2CSSCC/C=C/[C@H](CC(=O)N[C@H](Cc3ccccc3C(F)(F)F)C(=O)N2)OC(=O)C[C@@H]1O. The van der Waals surface area contributed by atoms with Gasteiger partial charge in [0, 0.05) is 17.9 Å². The summed E-state index contributed by atoms with van der Waals surface area (Å²) in [4.78, 5) is 52.6. The van der Waals surface area contributed by atoms with E-state index in [1.807, 2.05) is 0 Å². The molecule has 1 fully saturated rings. The van der Waals surface area contributed by atoms with Gasteiger partial charge in [0.25, 0.3) is 0 Å². The molecule has 0 unspecified atom stereocenters. The molecule has 4 N–H and O–H groups in total. The predicted molar refractivity (Wildman–Crippen MR) is 150 cm³/mol. The van der Waals surface area contributed by atoms with Crippen LogP contribution in [0.5, 0.6) is 0 Å². The quantitative estimate of drug-likeness (QED) is 0.231. The van der Waals surface area contributed by atoms with Crippen LogP contribution in [0.15, 0.2) is 36.4 Å². The van der Waals surface area contributed by atoms with Crippen LogP contribution < -0.4 is 16.0 Å². The van der Waals surface area contributed by atoms with Crippen molar-refractivity contribution in [3.63, 3.8) is 0 Å². The topological polar surface area (TPSA) is 134 Å². The van der Waals surface area contributed by atoms with Crippen LogP contribution in [-0.2, 0) is 36.5 Å². The van der Waals surface area contributed by atoms with Gasteiger partial charge < -0.3 is 25.8 Å². The lowest BCUT2D eigenvalue weighted by atomic mass is 9.96. The van der Waals surface area contributed by atoms with Crippen molar-refractivity contribution in [2.75, 3.05) is 11.5 Å². The summed E-state index contributed by atoms with van der Waals surface area (Å²) in [5.41, 5.74) is -1.17. The highest BCUT2D eigenvalue weighted by Crippen LogP contribution is 2.32. The van der Waals surface area contributed by atoms with Crippen molar-refractivity contribution >= 4 is 45.3 Å². The predicted octanol–water partition coefficient (Wildman–Crippen LogP) is 2.77. The van der Waals surface area contributed by atoms with E-state index < -0.39 is 85.0 Å². The van der Waals surface area contributed by atoms with Crippen molar-refractivity contribution in [1.82, 2.24) is 16.0 Å². The fourth-order valence-electron chi connectivity index (χ4n) is 4.47. The molecule has 2 aliphatic heterocycles. The second kappa shape index (κ2) is 15.0. The van der Waals surface area contributed by atoms with Crippen LogP contribution >= 0.6 is 21.6 Å². The maximum Gasteiger partial charge on any atom is 0.416 e. The van der Waals surface area contributed by atoms with Gasteiger partial charge in [-0.05, 0) is 30.0 Å². The number of ether oxygens (including phenoxy) is 1. The summed E-state index contributed by atoms with van der Waals surface area (Å²) >= 11 is 0. The Hall–Kier alpha value is -2.71. The summed E-state index contributed by atoms with van der Waals surface area (Å²) in [6, 6.07) is 1.25. The number of hydrogen-bond acceptors (Lipinski definition) is 8. The van der Waals surface area contributed by atoms with E-state index in [-0.39, 0.29) is 17.2 Å². The van der Waals surface area contributed by atoms with Gasteiger partial charge in [-0.3, -0.25) is 19.2 Å². The first kappa shape index (κ1) is 32.8. The molecule has 2 heterocycles. The van der Waals surface area contributed by atoms with Crippen LogP contribution in [0.1, 0.15) is 44.2 Å². The third-order valence-corrected chi connectivity index (χ3v) is 9.00. The standard InChI is InChI=1S/C27H34F3N3O6S2/c1-15(2)24-21(34)13-23(36)39-17-8-5-6-10-40-41-14-20(26(38)33-24)32-25(37)19(31-22(35)12-17)11-16-7-3-4-9-18(16)27(28,29)30/h3-5,7-9,15,17,19-21,24,34H,6,10-14H2,1-2H3,(H,31,35)(H,32,37)(H,33,38)/b8-5+/t17-,19-,20-,21+,24-/m1/s1. The molecular weight excluding hydrogens is 583 g/mol. The van der Waals surface area contributed by atoms with Gasteiger partial charge in [-0.15, -0.1) is 0 Å². The molecule has 1 aromatic rings. The molecule has 5 atom stereocenters. The van der Waals surface area contributed by atoms with Gasteiger partial charge in [0.1, 0.15) is 18.2 Å². The Morgan fingerprint density at radius 3 is 2.46 bits per heavy atom. The number of rotatable bonds is 3. The molecule has 2 aliphatic rings. The highest BCUT2D eigenvalue weighted by atomic mass is 33.1. The molecule has 2 bridgehead atoms. The number of fused-ring (bicyclic) bond motifs is 7. The van der Waals surface area contributed by atoms with E-state index in [1.54, 1.807) is 26.0 Å². The van der Waals surface area contributed by atoms with E-state index in [0.717, 1.165) is 6.07 Å². The Kier molecular flexibility index (Phi) is 12.0. The second-order valence-corrected chi connectivity index (χ2v) is 12.8. The van der Waals surface area contributed by atoms with Crippen LogP contribution in [0.25, 0.3) is 0 Å². The summed E-state index contributed by atoms with van der Waals surface area (Å²) in [6.07, 6.45) is -4.57. The smallest absolute Gasteiger partial charge is 0.416 e. The molecule has 3 amide bonds. The van der Waals surface area contributed by atoms with Gasteiger partial charge in [-0.2, -0.15) is 13.2 Å². The van der Waals surface area contributed by atoms with E-state index in [9.17, 15) is 37.5 Å². The molecule has 0 saturated carbocycles. The van der Waals surface area contributed by atoms with Crippen molar-refractivity contribution in [2.45, 2.75) is 76.0 Å². The number of nitrogens with one attached hydrogen (secondary N) is 3. The van der Waals surface area contributed by atoms with E-state index in [2.05, 4.69) is 16.0 Å². The zero-order valence-electron chi connectivity index (χ0n) is 22.6. The van der Waals surface area contributed by atoms with Crippen LogP contribution in [0.2, 0.25) is 0 Å². The summed E-state index contributed by atoms with van der Waals surface area (Å²) < 4.78 is 46.6. The Labute approximate surface area is 244 Å². The van der Waals surface area contributed by atoms with Gasteiger partial charge in [0.15, 0.2) is 0 Å². The van der Waals surface area contributed by atoms with Crippen molar-refractivity contribution in [3.05, 3.63) is 47.5 Å². The lowest BCUT2D eigenvalue weighted by molar-refractivity contribution is -0.151. The van der Waals surface area contributed by atoms with Gasteiger partial charge in [-0.25, -0.2) is 0 Å². The minimum Gasteiger partial charge on any atom is -0.457 e. The minimum absolute atomic E-state index is 0.108. The maximum atomic E-state index is 13.7. The molecule has 14 heteroatoms. The first-order valence-electron chi connectivity index (χ1n) is 13.2. The molecule has 0 aromatic heterocycles. The van der Waals surface area contributed by atoms with Crippen molar-refractivity contribution in [1.29, 1.82) is 0 Å². The minimum atomic E-state index is -4.70. The van der Waals surface area contributed by atoms with Crippen LogP contribution in [0, 0.1) is 5.92 Å². The summed E-state index contributed by atoms with van der Waals surface area (Å²) in [5.74, 6) is -2.60.